The minimum atomic E-state index is -0.471. The molecule has 2 N–H and O–H groups in total. The molecule has 0 atom stereocenters. The Bertz CT molecular complexity index is 479. The molecule has 0 spiro atoms. The van der Waals surface area contributed by atoms with E-state index in [4.69, 9.17) is 10.5 Å². The highest BCUT2D eigenvalue weighted by atomic mass is 79.9. The lowest BCUT2D eigenvalue weighted by atomic mass is 9.84. The van der Waals surface area contributed by atoms with Gasteiger partial charge in [-0.3, -0.25) is 0 Å². The average molecular weight is 364 g/mol. The van der Waals surface area contributed by atoms with Crippen molar-refractivity contribution in [2.24, 2.45) is 5.73 Å². The van der Waals surface area contributed by atoms with E-state index < -0.39 is 11.1 Å². The normalized spacial score (nSPS) is 16.9. The fourth-order valence-electron chi connectivity index (χ4n) is 2.05. The average Bonchev–Trinajstić information content (AvgIpc) is 2.23. The fraction of sp³-hybridized carbons (Fsp3) is 0.500. The smallest absolute Gasteiger partial charge is 0.410 e. The summed E-state index contributed by atoms with van der Waals surface area (Å²) in [5.74, 6) is 0. The van der Waals surface area contributed by atoms with Crippen molar-refractivity contribution in [3.8, 4) is 0 Å². The first-order valence-electron chi connectivity index (χ1n) is 6.22. The largest absolute Gasteiger partial charge is 0.444 e. The molecule has 1 aromatic carbocycles. The maximum Gasteiger partial charge on any atom is 0.410 e. The Labute approximate surface area is 134 Å². The minimum absolute atomic E-state index is 0. The summed E-state index contributed by atoms with van der Waals surface area (Å²) in [7, 11) is 0. The third-order valence-electron chi connectivity index (χ3n) is 3.02. The van der Waals surface area contributed by atoms with Crippen LogP contribution in [0.5, 0.6) is 0 Å². The van der Waals surface area contributed by atoms with Gasteiger partial charge in [-0.05, 0) is 38.5 Å². The van der Waals surface area contributed by atoms with Crippen LogP contribution in [0.25, 0.3) is 0 Å². The molecule has 2 rings (SSSR count). The molecule has 6 heteroatoms. The van der Waals surface area contributed by atoms with Crippen LogP contribution >= 0.6 is 28.3 Å². The highest BCUT2D eigenvalue weighted by Crippen LogP contribution is 2.31. The topological polar surface area (TPSA) is 55.6 Å². The van der Waals surface area contributed by atoms with Crippen LogP contribution in [-0.2, 0) is 10.3 Å². The highest BCUT2D eigenvalue weighted by molar-refractivity contribution is 9.10. The van der Waals surface area contributed by atoms with E-state index in [1.165, 1.54) is 0 Å². The molecular formula is C14H20BrClN2O2. The fourth-order valence-corrected chi connectivity index (χ4v) is 2.32. The number of carbonyl (C=O) groups is 1. The molecule has 4 nitrogen and oxygen atoms in total. The number of benzene rings is 1. The number of halogens is 2. The summed E-state index contributed by atoms with van der Waals surface area (Å²) in [5.41, 5.74) is 6.41. The van der Waals surface area contributed by atoms with Crippen LogP contribution in [0.4, 0.5) is 4.79 Å². The van der Waals surface area contributed by atoms with E-state index in [1.807, 2.05) is 45.0 Å². The Morgan fingerprint density at radius 2 is 1.80 bits per heavy atom. The van der Waals surface area contributed by atoms with E-state index in [2.05, 4.69) is 15.9 Å². The van der Waals surface area contributed by atoms with Crippen LogP contribution in [0, 0.1) is 0 Å². The zero-order chi connectivity index (χ0) is 14.3. The lowest BCUT2D eigenvalue weighted by Crippen LogP contribution is -2.66. The number of amides is 1. The second kappa shape index (κ2) is 5.92. The Balaban J connectivity index is 0.00000200. The van der Waals surface area contributed by atoms with Crippen molar-refractivity contribution in [1.82, 2.24) is 4.90 Å². The number of hydrogen-bond donors (Lipinski definition) is 1. The van der Waals surface area contributed by atoms with E-state index in [0.717, 1.165) is 10.0 Å². The number of nitrogens with two attached hydrogens (primary N) is 1. The first kappa shape index (κ1) is 17.3. The van der Waals surface area contributed by atoms with Gasteiger partial charge in [0.25, 0.3) is 0 Å². The van der Waals surface area contributed by atoms with Gasteiger partial charge in [-0.15, -0.1) is 12.4 Å². The van der Waals surface area contributed by atoms with Crippen molar-refractivity contribution in [3.63, 3.8) is 0 Å². The number of ether oxygens (including phenoxy) is 1. The van der Waals surface area contributed by atoms with Crippen LogP contribution in [0.2, 0.25) is 0 Å². The second-order valence-electron chi connectivity index (χ2n) is 6.00. The molecule has 1 saturated heterocycles. The predicted octanol–water partition coefficient (Wildman–Crippen LogP) is 3.28. The lowest BCUT2D eigenvalue weighted by molar-refractivity contribution is -0.00888. The van der Waals surface area contributed by atoms with Gasteiger partial charge < -0.3 is 15.4 Å². The molecule has 0 radical (unpaired) electrons. The van der Waals surface area contributed by atoms with Gasteiger partial charge in [-0.1, -0.05) is 28.1 Å². The summed E-state index contributed by atoms with van der Waals surface area (Å²) in [6.45, 7) is 6.55. The van der Waals surface area contributed by atoms with Crippen LogP contribution in [0.15, 0.2) is 28.7 Å². The van der Waals surface area contributed by atoms with Crippen molar-refractivity contribution in [2.45, 2.75) is 31.9 Å². The van der Waals surface area contributed by atoms with Gasteiger partial charge in [-0.25, -0.2) is 4.79 Å². The molecule has 1 aromatic rings. The molecule has 1 aliphatic rings. The first-order valence-corrected chi connectivity index (χ1v) is 7.02. The molecule has 1 aliphatic heterocycles. The van der Waals surface area contributed by atoms with Gasteiger partial charge in [0.2, 0.25) is 0 Å². The van der Waals surface area contributed by atoms with Crippen molar-refractivity contribution in [2.75, 3.05) is 13.1 Å². The van der Waals surface area contributed by atoms with E-state index in [0.29, 0.717) is 13.1 Å². The molecule has 1 amide bonds. The maximum atomic E-state index is 11.9. The number of hydrogen-bond acceptors (Lipinski definition) is 3. The standard InChI is InChI=1S/C14H19BrN2O2.ClH/c1-13(2,3)19-12(18)17-8-14(16,9-17)10-4-6-11(15)7-5-10;/h4-7H,8-9,16H2,1-3H3;1H. The van der Waals surface area contributed by atoms with Gasteiger partial charge in [0.05, 0.1) is 5.54 Å². The van der Waals surface area contributed by atoms with Crippen molar-refractivity contribution in [1.29, 1.82) is 0 Å². The molecule has 112 valence electrons. The molecule has 0 saturated carbocycles. The van der Waals surface area contributed by atoms with Crippen LogP contribution in [-0.4, -0.2) is 29.7 Å². The van der Waals surface area contributed by atoms with E-state index in [9.17, 15) is 4.79 Å². The van der Waals surface area contributed by atoms with Gasteiger partial charge in [0.15, 0.2) is 0 Å². The van der Waals surface area contributed by atoms with Crippen molar-refractivity contribution >= 4 is 34.4 Å². The summed E-state index contributed by atoms with van der Waals surface area (Å²) in [6.07, 6.45) is -0.300. The zero-order valence-electron chi connectivity index (χ0n) is 11.9. The summed E-state index contributed by atoms with van der Waals surface area (Å²) >= 11 is 3.39. The minimum Gasteiger partial charge on any atom is -0.444 e. The molecule has 1 heterocycles. The predicted molar refractivity (Wildman–Crippen MR) is 85.1 cm³/mol. The third kappa shape index (κ3) is 3.87. The number of nitrogens with zero attached hydrogens (tertiary/aromatic N) is 1. The zero-order valence-corrected chi connectivity index (χ0v) is 14.3. The molecule has 0 aliphatic carbocycles. The summed E-state index contributed by atoms with van der Waals surface area (Å²) < 4.78 is 6.33. The van der Waals surface area contributed by atoms with Crippen LogP contribution < -0.4 is 5.73 Å². The summed E-state index contributed by atoms with van der Waals surface area (Å²) in [6, 6.07) is 7.88. The Kier molecular flexibility index (Phi) is 5.11. The summed E-state index contributed by atoms with van der Waals surface area (Å²) in [4.78, 5) is 13.5. The van der Waals surface area contributed by atoms with Crippen molar-refractivity contribution < 1.29 is 9.53 Å². The number of likely N-dealkylation sites (tertiary alicyclic amines) is 1. The SMILES string of the molecule is CC(C)(C)OC(=O)N1CC(N)(c2ccc(Br)cc2)C1.Cl. The van der Waals surface area contributed by atoms with Crippen molar-refractivity contribution in [3.05, 3.63) is 34.3 Å². The summed E-state index contributed by atoms with van der Waals surface area (Å²) in [5, 5.41) is 0. The molecular weight excluding hydrogens is 344 g/mol. The first-order chi connectivity index (χ1) is 8.70. The highest BCUT2D eigenvalue weighted by Gasteiger charge is 2.44. The Morgan fingerprint density at radius 1 is 1.30 bits per heavy atom. The number of rotatable bonds is 1. The Hall–Kier alpha value is -0.780. The molecule has 0 unspecified atom stereocenters. The molecule has 0 bridgehead atoms. The van der Waals surface area contributed by atoms with Gasteiger partial charge in [-0.2, -0.15) is 0 Å². The molecule has 20 heavy (non-hydrogen) atoms. The van der Waals surface area contributed by atoms with E-state index in [1.54, 1.807) is 4.90 Å². The monoisotopic (exact) mass is 362 g/mol. The van der Waals surface area contributed by atoms with Gasteiger partial charge >= 0.3 is 6.09 Å². The quantitative estimate of drug-likeness (QED) is 0.833. The maximum absolute atomic E-state index is 11.9. The van der Waals surface area contributed by atoms with Crippen LogP contribution in [0.3, 0.4) is 0 Å². The van der Waals surface area contributed by atoms with Gasteiger partial charge in [0.1, 0.15) is 5.60 Å². The van der Waals surface area contributed by atoms with E-state index in [-0.39, 0.29) is 18.5 Å². The second-order valence-corrected chi connectivity index (χ2v) is 6.92. The van der Waals surface area contributed by atoms with E-state index >= 15 is 0 Å². The third-order valence-corrected chi connectivity index (χ3v) is 3.55. The molecule has 1 fully saturated rings. The van der Waals surface area contributed by atoms with Gasteiger partial charge in [0, 0.05) is 17.6 Å². The van der Waals surface area contributed by atoms with Crippen LogP contribution in [0.1, 0.15) is 26.3 Å². The Morgan fingerprint density at radius 3 is 2.25 bits per heavy atom. The number of carbonyl (C=O) groups excluding carboxylic acids is 1. The lowest BCUT2D eigenvalue weighted by Gasteiger charge is -2.47. The molecule has 0 aromatic heterocycles.